The van der Waals surface area contributed by atoms with E-state index < -0.39 is 0 Å². The zero-order valence-corrected chi connectivity index (χ0v) is 24.5. The number of amides is 1. The van der Waals surface area contributed by atoms with Crippen molar-refractivity contribution < 1.29 is 9.53 Å². The summed E-state index contributed by atoms with van der Waals surface area (Å²) in [6, 6.07) is 26.3. The lowest BCUT2D eigenvalue weighted by Crippen LogP contribution is -2.29. The SMILES string of the molecule is CCCCCCN1C(=O)C(=Cc2cn(-c3ccccc3)nc2-c2cccc(OCc3ccc(C)cc3)c2)SC1=S. The van der Waals surface area contributed by atoms with Gasteiger partial charge in [0.25, 0.3) is 5.91 Å². The van der Waals surface area contributed by atoms with E-state index in [9.17, 15) is 4.79 Å². The maximum atomic E-state index is 13.3. The van der Waals surface area contributed by atoms with Gasteiger partial charge in [-0.2, -0.15) is 5.10 Å². The predicted molar refractivity (Wildman–Crippen MR) is 169 cm³/mol. The summed E-state index contributed by atoms with van der Waals surface area (Å²) >= 11 is 6.95. The van der Waals surface area contributed by atoms with Gasteiger partial charge < -0.3 is 4.74 Å². The number of carbonyl (C=O) groups excluding carboxylic acids is 1. The molecule has 1 aliphatic heterocycles. The van der Waals surface area contributed by atoms with E-state index in [0.717, 1.165) is 53.1 Å². The Balaban J connectivity index is 1.43. The standard InChI is InChI=1S/C33H33N3O2S2/c1-3-4-5-9-19-35-32(37)30(40-33(35)39)21-27-22-36(28-12-7-6-8-13-28)34-31(27)26-11-10-14-29(20-26)38-23-25-17-15-24(2)16-18-25/h6-8,10-18,20-22H,3-5,9,19,23H2,1-2H3. The molecule has 0 aliphatic carbocycles. The van der Waals surface area contributed by atoms with Crippen LogP contribution in [-0.4, -0.2) is 31.5 Å². The number of hydrogen-bond donors (Lipinski definition) is 0. The number of aromatic nitrogens is 2. The maximum Gasteiger partial charge on any atom is 0.266 e. The van der Waals surface area contributed by atoms with Crippen molar-refractivity contribution in [1.82, 2.24) is 14.7 Å². The van der Waals surface area contributed by atoms with Gasteiger partial charge in [0.1, 0.15) is 22.4 Å². The lowest BCUT2D eigenvalue weighted by Gasteiger charge is -2.13. The Labute approximate surface area is 245 Å². The van der Waals surface area contributed by atoms with Crippen LogP contribution < -0.4 is 4.74 Å². The molecular weight excluding hydrogens is 535 g/mol. The Kier molecular flexibility index (Phi) is 9.14. The number of unbranched alkanes of at least 4 members (excludes halogenated alkanes) is 3. The molecule has 0 atom stereocenters. The van der Waals surface area contributed by atoms with Crippen molar-refractivity contribution in [2.24, 2.45) is 0 Å². The Morgan fingerprint density at radius 3 is 2.55 bits per heavy atom. The Morgan fingerprint density at radius 2 is 1.77 bits per heavy atom. The van der Waals surface area contributed by atoms with Gasteiger partial charge in [-0.25, -0.2) is 4.68 Å². The molecule has 1 fully saturated rings. The van der Waals surface area contributed by atoms with Crippen molar-refractivity contribution in [3.63, 3.8) is 0 Å². The molecule has 3 aromatic carbocycles. The highest BCUT2D eigenvalue weighted by Crippen LogP contribution is 2.35. The van der Waals surface area contributed by atoms with Crippen molar-refractivity contribution in [2.45, 2.75) is 46.1 Å². The number of ether oxygens (including phenoxy) is 1. The Morgan fingerprint density at radius 1 is 0.975 bits per heavy atom. The summed E-state index contributed by atoms with van der Waals surface area (Å²) in [5.74, 6) is 0.733. The maximum absolute atomic E-state index is 13.3. The van der Waals surface area contributed by atoms with Gasteiger partial charge >= 0.3 is 0 Å². The largest absolute Gasteiger partial charge is 0.489 e. The van der Waals surface area contributed by atoms with Crippen molar-refractivity contribution in [2.75, 3.05) is 6.54 Å². The third kappa shape index (κ3) is 6.72. The van der Waals surface area contributed by atoms with E-state index in [1.54, 1.807) is 4.90 Å². The minimum atomic E-state index is -0.0277. The van der Waals surface area contributed by atoms with Gasteiger partial charge in [-0.15, -0.1) is 0 Å². The van der Waals surface area contributed by atoms with Gasteiger partial charge in [-0.05, 0) is 49.2 Å². The van der Waals surface area contributed by atoms with E-state index in [4.69, 9.17) is 22.1 Å². The molecule has 1 saturated heterocycles. The van der Waals surface area contributed by atoms with Gasteiger partial charge in [-0.3, -0.25) is 9.69 Å². The number of benzene rings is 3. The van der Waals surface area contributed by atoms with Crippen molar-refractivity contribution in [3.8, 4) is 22.7 Å². The molecule has 1 aromatic heterocycles. The minimum absolute atomic E-state index is 0.0277. The smallest absolute Gasteiger partial charge is 0.266 e. The summed E-state index contributed by atoms with van der Waals surface area (Å²) in [6.07, 6.45) is 8.28. The molecule has 5 nitrogen and oxygen atoms in total. The number of para-hydroxylation sites is 1. The molecule has 2 heterocycles. The normalized spacial score (nSPS) is 14.3. The van der Waals surface area contributed by atoms with E-state index in [2.05, 4.69) is 38.1 Å². The Bertz CT molecular complexity index is 1510. The first kappa shape index (κ1) is 27.9. The topological polar surface area (TPSA) is 47.4 Å². The van der Waals surface area contributed by atoms with Crippen LogP contribution in [0.25, 0.3) is 23.0 Å². The van der Waals surface area contributed by atoms with Crippen LogP contribution in [0, 0.1) is 6.92 Å². The lowest BCUT2D eigenvalue weighted by molar-refractivity contribution is -0.122. The molecule has 0 unspecified atom stereocenters. The molecule has 0 saturated carbocycles. The molecule has 5 rings (SSSR count). The van der Waals surface area contributed by atoms with Crippen molar-refractivity contribution >= 4 is 40.3 Å². The fourth-order valence-electron chi connectivity index (χ4n) is 4.55. The first-order chi connectivity index (χ1) is 19.5. The highest BCUT2D eigenvalue weighted by atomic mass is 32.2. The fraction of sp³-hybridized carbons (Fsp3) is 0.242. The molecule has 0 spiro atoms. The van der Waals surface area contributed by atoms with Crippen LogP contribution in [0.15, 0.2) is 90.0 Å². The van der Waals surface area contributed by atoms with Gasteiger partial charge in [0, 0.05) is 23.9 Å². The van der Waals surface area contributed by atoms with Crippen LogP contribution in [0.3, 0.4) is 0 Å². The van der Waals surface area contributed by atoms with E-state index in [1.165, 1.54) is 23.7 Å². The molecule has 7 heteroatoms. The summed E-state index contributed by atoms with van der Waals surface area (Å²) in [5, 5.41) is 4.94. The minimum Gasteiger partial charge on any atom is -0.489 e. The van der Waals surface area contributed by atoms with Crippen LogP contribution >= 0.6 is 24.0 Å². The molecule has 40 heavy (non-hydrogen) atoms. The zero-order chi connectivity index (χ0) is 27.9. The first-order valence-corrected chi connectivity index (χ1v) is 14.9. The second-order valence-electron chi connectivity index (χ2n) is 9.91. The van der Waals surface area contributed by atoms with Gasteiger partial charge in [0.05, 0.1) is 10.6 Å². The monoisotopic (exact) mass is 567 g/mol. The molecular formula is C33H33N3O2S2. The van der Waals surface area contributed by atoms with Crippen LogP contribution in [0.4, 0.5) is 0 Å². The highest BCUT2D eigenvalue weighted by molar-refractivity contribution is 8.26. The lowest BCUT2D eigenvalue weighted by atomic mass is 10.1. The quantitative estimate of drug-likeness (QED) is 0.104. The van der Waals surface area contributed by atoms with E-state index >= 15 is 0 Å². The number of thioether (sulfide) groups is 1. The number of carbonyl (C=O) groups is 1. The predicted octanol–water partition coefficient (Wildman–Crippen LogP) is 8.21. The molecule has 204 valence electrons. The number of thiocarbonyl (C=S) groups is 1. The fourth-order valence-corrected chi connectivity index (χ4v) is 5.84. The number of aryl methyl sites for hydroxylation is 1. The van der Waals surface area contributed by atoms with Crippen molar-refractivity contribution in [3.05, 3.63) is 107 Å². The molecule has 0 bridgehead atoms. The molecule has 1 aliphatic rings. The molecule has 0 N–H and O–H groups in total. The molecule has 4 aromatic rings. The van der Waals surface area contributed by atoms with E-state index in [1.807, 2.05) is 71.6 Å². The average Bonchev–Trinajstić information content (AvgIpc) is 3.52. The number of rotatable bonds is 11. The average molecular weight is 568 g/mol. The van der Waals surface area contributed by atoms with E-state index in [0.29, 0.717) is 22.4 Å². The van der Waals surface area contributed by atoms with E-state index in [-0.39, 0.29) is 5.91 Å². The molecule has 1 amide bonds. The summed E-state index contributed by atoms with van der Waals surface area (Å²) in [7, 11) is 0. The third-order valence-electron chi connectivity index (χ3n) is 6.79. The van der Waals surface area contributed by atoms with Crippen LogP contribution in [-0.2, 0) is 11.4 Å². The molecule has 0 radical (unpaired) electrons. The van der Waals surface area contributed by atoms with Gasteiger partial charge in [0.2, 0.25) is 0 Å². The van der Waals surface area contributed by atoms with Crippen LogP contribution in [0.5, 0.6) is 5.75 Å². The highest BCUT2D eigenvalue weighted by Gasteiger charge is 2.32. The second kappa shape index (κ2) is 13.1. The number of nitrogens with zero attached hydrogens (tertiary/aromatic N) is 3. The number of hydrogen-bond acceptors (Lipinski definition) is 5. The zero-order valence-electron chi connectivity index (χ0n) is 22.9. The summed E-state index contributed by atoms with van der Waals surface area (Å²) in [4.78, 5) is 15.7. The first-order valence-electron chi connectivity index (χ1n) is 13.7. The second-order valence-corrected chi connectivity index (χ2v) is 11.6. The van der Waals surface area contributed by atoms with Gasteiger partial charge in [-0.1, -0.05) is 110 Å². The van der Waals surface area contributed by atoms with Crippen LogP contribution in [0.2, 0.25) is 0 Å². The van der Waals surface area contributed by atoms with Gasteiger partial charge in [0.15, 0.2) is 0 Å². The summed E-state index contributed by atoms with van der Waals surface area (Å²) in [5.41, 5.74) is 5.82. The van der Waals surface area contributed by atoms with Crippen LogP contribution in [0.1, 0.15) is 49.3 Å². The Hall–Kier alpha value is -3.68. The summed E-state index contributed by atoms with van der Waals surface area (Å²) < 4.78 is 8.60. The van der Waals surface area contributed by atoms with Crippen molar-refractivity contribution in [1.29, 1.82) is 0 Å². The summed E-state index contributed by atoms with van der Waals surface area (Å²) in [6.45, 7) is 5.40. The third-order valence-corrected chi connectivity index (χ3v) is 8.17.